The highest BCUT2D eigenvalue weighted by atomic mass is 16.1. The smallest absolute Gasteiger partial charge is 0.282 e. The summed E-state index contributed by atoms with van der Waals surface area (Å²) in [5.74, 6) is -0.670. The van der Waals surface area contributed by atoms with Gasteiger partial charge in [-0.05, 0) is 31.4 Å². The van der Waals surface area contributed by atoms with Crippen molar-refractivity contribution in [2.45, 2.75) is 25.4 Å². The average molecular weight is 261 g/mol. The molecule has 1 fully saturated rings. The van der Waals surface area contributed by atoms with E-state index in [1.54, 1.807) is 12.1 Å². The molecule has 6 heteroatoms. The van der Waals surface area contributed by atoms with Crippen molar-refractivity contribution in [3.63, 3.8) is 0 Å². The molecule has 1 unspecified atom stereocenters. The Balaban J connectivity index is 2.35. The molecule has 1 saturated heterocycles. The van der Waals surface area contributed by atoms with Gasteiger partial charge in [0.25, 0.3) is 5.91 Å². The maximum absolute atomic E-state index is 12.0. The fourth-order valence-electron chi connectivity index (χ4n) is 2.34. The molecule has 102 valence electrons. The summed E-state index contributed by atoms with van der Waals surface area (Å²) in [6.07, 6.45) is 3.03. The van der Waals surface area contributed by atoms with Gasteiger partial charge >= 0.3 is 0 Å². The molecule has 1 aromatic rings. The Morgan fingerprint density at radius 3 is 2.68 bits per heavy atom. The van der Waals surface area contributed by atoms with E-state index < -0.39 is 5.91 Å². The van der Waals surface area contributed by atoms with Crippen LogP contribution in [0.4, 0.5) is 5.69 Å². The number of amides is 1. The highest BCUT2D eigenvalue weighted by Gasteiger charge is 2.23. The number of rotatable bonds is 2. The van der Waals surface area contributed by atoms with Crippen LogP contribution < -0.4 is 22.1 Å². The number of hydrogen-bond acceptors (Lipinski definition) is 3. The van der Waals surface area contributed by atoms with Crippen molar-refractivity contribution >= 4 is 17.6 Å². The SMILES string of the molecule is NC(N)=NC(=O)c1ccccc1N1CCCCC1N. The van der Waals surface area contributed by atoms with Gasteiger partial charge in [0.2, 0.25) is 0 Å². The minimum absolute atomic E-state index is 0.0677. The lowest BCUT2D eigenvalue weighted by molar-refractivity contribution is 0.100. The quantitative estimate of drug-likeness (QED) is 0.526. The lowest BCUT2D eigenvalue weighted by Crippen LogP contribution is -2.46. The maximum Gasteiger partial charge on any atom is 0.282 e. The third-order valence-electron chi connectivity index (χ3n) is 3.22. The number of guanidine groups is 1. The second-order valence-corrected chi connectivity index (χ2v) is 4.62. The van der Waals surface area contributed by atoms with E-state index >= 15 is 0 Å². The minimum Gasteiger partial charge on any atom is -0.370 e. The predicted molar refractivity (Wildman–Crippen MR) is 75.8 cm³/mol. The van der Waals surface area contributed by atoms with Gasteiger partial charge in [0.05, 0.1) is 17.4 Å². The molecule has 1 heterocycles. The molecule has 0 saturated carbocycles. The first kappa shape index (κ1) is 13.4. The maximum atomic E-state index is 12.0. The van der Waals surface area contributed by atoms with E-state index in [0.29, 0.717) is 5.56 Å². The first-order chi connectivity index (χ1) is 9.09. The second kappa shape index (κ2) is 5.71. The van der Waals surface area contributed by atoms with Crippen molar-refractivity contribution in [3.05, 3.63) is 29.8 Å². The highest BCUT2D eigenvalue weighted by Crippen LogP contribution is 2.26. The van der Waals surface area contributed by atoms with Gasteiger partial charge in [-0.1, -0.05) is 12.1 Å². The standard InChI is InChI=1S/C13H19N5O/c14-11-7-3-4-8-18(11)10-6-2-1-5-9(10)12(19)17-13(15)16/h1-2,5-6,11H,3-4,7-8,14H2,(H4,15,16,17,19). The summed E-state index contributed by atoms with van der Waals surface area (Å²) < 4.78 is 0. The van der Waals surface area contributed by atoms with Gasteiger partial charge < -0.3 is 22.1 Å². The summed E-state index contributed by atoms with van der Waals surface area (Å²) in [7, 11) is 0. The minimum atomic E-state index is -0.437. The molecule has 1 aliphatic rings. The normalized spacial score (nSPS) is 19.0. The number of nitrogens with two attached hydrogens (primary N) is 3. The van der Waals surface area contributed by atoms with Gasteiger partial charge in [0.1, 0.15) is 0 Å². The molecule has 6 N–H and O–H groups in total. The summed E-state index contributed by atoms with van der Waals surface area (Å²) in [6, 6.07) is 7.25. The first-order valence-electron chi connectivity index (χ1n) is 6.35. The zero-order valence-electron chi connectivity index (χ0n) is 10.7. The van der Waals surface area contributed by atoms with E-state index in [-0.39, 0.29) is 12.1 Å². The number of benzene rings is 1. The lowest BCUT2D eigenvalue weighted by atomic mass is 10.0. The molecule has 0 radical (unpaired) electrons. The molecule has 1 aliphatic heterocycles. The monoisotopic (exact) mass is 261 g/mol. The van der Waals surface area contributed by atoms with Crippen LogP contribution >= 0.6 is 0 Å². The van der Waals surface area contributed by atoms with Crippen molar-refractivity contribution in [1.82, 2.24) is 0 Å². The Morgan fingerprint density at radius 1 is 1.26 bits per heavy atom. The van der Waals surface area contributed by atoms with Gasteiger partial charge in [0.15, 0.2) is 5.96 Å². The Hall–Kier alpha value is -2.08. The molecule has 0 spiro atoms. The molecule has 0 aliphatic carbocycles. The lowest BCUT2D eigenvalue weighted by Gasteiger charge is -2.35. The van der Waals surface area contributed by atoms with Crippen LogP contribution in [0.25, 0.3) is 0 Å². The summed E-state index contributed by atoms with van der Waals surface area (Å²) >= 11 is 0. The van der Waals surface area contributed by atoms with E-state index in [2.05, 4.69) is 4.99 Å². The van der Waals surface area contributed by atoms with Crippen LogP contribution in [0.3, 0.4) is 0 Å². The van der Waals surface area contributed by atoms with Gasteiger partial charge in [-0.15, -0.1) is 0 Å². The number of aliphatic imine (C=N–C) groups is 1. The van der Waals surface area contributed by atoms with Crippen LogP contribution in [0, 0.1) is 0 Å². The Morgan fingerprint density at radius 2 is 2.00 bits per heavy atom. The van der Waals surface area contributed by atoms with Crippen molar-refractivity contribution < 1.29 is 4.79 Å². The van der Waals surface area contributed by atoms with Crippen molar-refractivity contribution in [2.75, 3.05) is 11.4 Å². The molecule has 19 heavy (non-hydrogen) atoms. The third-order valence-corrected chi connectivity index (χ3v) is 3.22. The van der Waals surface area contributed by atoms with Crippen LogP contribution in [0.15, 0.2) is 29.3 Å². The van der Waals surface area contributed by atoms with Crippen LogP contribution in [-0.4, -0.2) is 24.6 Å². The highest BCUT2D eigenvalue weighted by molar-refractivity contribution is 6.05. The molecule has 1 aromatic carbocycles. The largest absolute Gasteiger partial charge is 0.370 e. The van der Waals surface area contributed by atoms with Crippen molar-refractivity contribution in [1.29, 1.82) is 0 Å². The summed E-state index contributed by atoms with van der Waals surface area (Å²) in [4.78, 5) is 17.6. The zero-order valence-corrected chi connectivity index (χ0v) is 10.7. The Kier molecular flexibility index (Phi) is 4.01. The molecule has 1 amide bonds. The van der Waals surface area contributed by atoms with E-state index in [0.717, 1.165) is 31.5 Å². The van der Waals surface area contributed by atoms with E-state index in [4.69, 9.17) is 17.2 Å². The molecular weight excluding hydrogens is 242 g/mol. The van der Waals surface area contributed by atoms with Crippen LogP contribution in [0.5, 0.6) is 0 Å². The second-order valence-electron chi connectivity index (χ2n) is 4.62. The van der Waals surface area contributed by atoms with Gasteiger partial charge in [0, 0.05) is 6.54 Å². The van der Waals surface area contributed by atoms with Crippen molar-refractivity contribution in [3.8, 4) is 0 Å². The average Bonchev–Trinajstić information content (AvgIpc) is 2.38. The molecule has 6 nitrogen and oxygen atoms in total. The van der Waals surface area contributed by atoms with E-state index in [1.165, 1.54) is 0 Å². The van der Waals surface area contributed by atoms with Crippen LogP contribution in [-0.2, 0) is 0 Å². The predicted octanol–water partition coefficient (Wildman–Crippen LogP) is 0.375. The summed E-state index contributed by atoms with van der Waals surface area (Å²) in [5.41, 5.74) is 17.9. The van der Waals surface area contributed by atoms with E-state index in [9.17, 15) is 4.79 Å². The first-order valence-corrected chi connectivity index (χ1v) is 6.35. The van der Waals surface area contributed by atoms with Gasteiger partial charge in [-0.3, -0.25) is 4.79 Å². The third kappa shape index (κ3) is 3.03. The number of nitrogens with zero attached hydrogens (tertiary/aromatic N) is 2. The fourth-order valence-corrected chi connectivity index (χ4v) is 2.34. The number of carbonyl (C=O) groups is 1. The summed E-state index contributed by atoms with van der Waals surface area (Å²) in [5, 5.41) is 0. The zero-order chi connectivity index (χ0) is 13.8. The molecular formula is C13H19N5O. The number of piperidine rings is 1. The molecule has 2 rings (SSSR count). The Bertz CT molecular complexity index is 496. The molecule has 0 bridgehead atoms. The Labute approximate surface area is 112 Å². The van der Waals surface area contributed by atoms with Gasteiger partial charge in [-0.25, -0.2) is 0 Å². The number of carbonyl (C=O) groups excluding carboxylic acids is 1. The van der Waals surface area contributed by atoms with Gasteiger partial charge in [-0.2, -0.15) is 4.99 Å². The van der Waals surface area contributed by atoms with Crippen molar-refractivity contribution in [2.24, 2.45) is 22.2 Å². The topological polar surface area (TPSA) is 111 Å². The molecule has 0 aromatic heterocycles. The molecule has 1 atom stereocenters. The number of anilines is 1. The number of hydrogen-bond donors (Lipinski definition) is 3. The fraction of sp³-hybridized carbons (Fsp3) is 0.385. The van der Waals surface area contributed by atoms with Crippen LogP contribution in [0.2, 0.25) is 0 Å². The van der Waals surface area contributed by atoms with E-state index in [1.807, 2.05) is 17.0 Å². The summed E-state index contributed by atoms with van der Waals surface area (Å²) in [6.45, 7) is 0.841. The van der Waals surface area contributed by atoms with Crippen LogP contribution in [0.1, 0.15) is 29.6 Å². The number of para-hydroxylation sites is 1.